The molecule has 112 valence electrons. The van der Waals surface area contributed by atoms with Crippen LogP contribution < -0.4 is 0 Å². The molecule has 3 heteroatoms. The van der Waals surface area contributed by atoms with Crippen LogP contribution in [0.4, 0.5) is 0 Å². The first-order valence-corrected chi connectivity index (χ1v) is 7.73. The van der Waals surface area contributed by atoms with Crippen LogP contribution in [0.1, 0.15) is 30.9 Å². The van der Waals surface area contributed by atoms with Gasteiger partial charge in [0.05, 0.1) is 19.8 Å². The molecule has 0 N–H and O–H groups in total. The van der Waals surface area contributed by atoms with Crippen molar-refractivity contribution in [1.29, 1.82) is 0 Å². The normalized spacial score (nSPS) is 19.0. The highest BCUT2D eigenvalue weighted by molar-refractivity contribution is 5.29. The minimum atomic E-state index is 0.487. The monoisotopic (exact) mass is 277 g/mol. The Morgan fingerprint density at radius 3 is 2.65 bits per heavy atom. The lowest BCUT2D eigenvalue weighted by Gasteiger charge is -2.33. The van der Waals surface area contributed by atoms with Gasteiger partial charge < -0.3 is 9.47 Å². The van der Waals surface area contributed by atoms with E-state index in [-0.39, 0.29) is 0 Å². The van der Waals surface area contributed by atoms with Crippen LogP contribution in [0.5, 0.6) is 0 Å². The number of ether oxygens (including phenoxy) is 2. The van der Waals surface area contributed by atoms with Crippen molar-refractivity contribution < 1.29 is 9.47 Å². The van der Waals surface area contributed by atoms with E-state index in [0.29, 0.717) is 19.3 Å². The third-order valence-corrected chi connectivity index (χ3v) is 3.94. The molecule has 1 aromatic carbocycles. The van der Waals surface area contributed by atoms with Gasteiger partial charge in [0.2, 0.25) is 0 Å². The molecule has 0 spiro atoms. The molecule has 0 saturated carbocycles. The van der Waals surface area contributed by atoms with E-state index in [4.69, 9.17) is 9.47 Å². The third kappa shape index (κ3) is 4.58. The van der Waals surface area contributed by atoms with Crippen molar-refractivity contribution in [2.24, 2.45) is 0 Å². The summed E-state index contributed by atoms with van der Waals surface area (Å²) in [6, 6.07) is 9.20. The first kappa shape index (κ1) is 15.5. The second-order valence-electron chi connectivity index (χ2n) is 5.58. The van der Waals surface area contributed by atoms with Crippen LogP contribution in [0.2, 0.25) is 0 Å². The molecular weight excluding hydrogens is 250 g/mol. The lowest BCUT2D eigenvalue weighted by molar-refractivity contribution is 0.0183. The van der Waals surface area contributed by atoms with E-state index in [1.165, 1.54) is 17.5 Å². The summed E-state index contributed by atoms with van der Waals surface area (Å²) >= 11 is 0. The van der Waals surface area contributed by atoms with Gasteiger partial charge in [-0.05, 0) is 31.0 Å². The molecule has 1 aliphatic heterocycles. The molecule has 0 unspecified atom stereocenters. The minimum Gasteiger partial charge on any atom is -0.379 e. The zero-order chi connectivity index (χ0) is 14.2. The van der Waals surface area contributed by atoms with Crippen LogP contribution in [0.25, 0.3) is 0 Å². The molecule has 0 saturated heterocycles. The SMILES string of the molecule is CCCCOCCOC[C@@H]1Cc2ccccc2CN1C. The Kier molecular flexibility index (Phi) is 6.51. The van der Waals surface area contributed by atoms with Gasteiger partial charge in [-0.3, -0.25) is 4.90 Å². The predicted molar refractivity (Wildman–Crippen MR) is 81.9 cm³/mol. The number of benzene rings is 1. The van der Waals surface area contributed by atoms with Gasteiger partial charge in [-0.15, -0.1) is 0 Å². The number of unbranched alkanes of at least 4 members (excludes halogenated alkanes) is 1. The summed E-state index contributed by atoms with van der Waals surface area (Å²) in [6.45, 7) is 6.27. The van der Waals surface area contributed by atoms with Crippen LogP contribution in [-0.4, -0.2) is 44.4 Å². The molecular formula is C17H27NO2. The smallest absolute Gasteiger partial charge is 0.0701 e. The fraction of sp³-hybridized carbons (Fsp3) is 0.647. The molecule has 0 amide bonds. The quantitative estimate of drug-likeness (QED) is 0.682. The Morgan fingerprint density at radius 1 is 1.10 bits per heavy atom. The van der Waals surface area contributed by atoms with E-state index in [0.717, 1.165) is 32.6 Å². The highest BCUT2D eigenvalue weighted by atomic mass is 16.5. The largest absolute Gasteiger partial charge is 0.379 e. The molecule has 0 fully saturated rings. The fourth-order valence-corrected chi connectivity index (χ4v) is 2.59. The second-order valence-corrected chi connectivity index (χ2v) is 5.58. The van der Waals surface area contributed by atoms with E-state index < -0.39 is 0 Å². The maximum atomic E-state index is 5.77. The van der Waals surface area contributed by atoms with Gasteiger partial charge in [0, 0.05) is 19.2 Å². The predicted octanol–water partition coefficient (Wildman–Crippen LogP) is 2.88. The maximum absolute atomic E-state index is 5.77. The molecule has 20 heavy (non-hydrogen) atoms. The second kappa shape index (κ2) is 8.40. The van der Waals surface area contributed by atoms with Crippen molar-refractivity contribution in [3.05, 3.63) is 35.4 Å². The Balaban J connectivity index is 1.67. The maximum Gasteiger partial charge on any atom is 0.0701 e. The summed E-state index contributed by atoms with van der Waals surface area (Å²) < 4.78 is 11.3. The van der Waals surface area contributed by atoms with Gasteiger partial charge in [-0.25, -0.2) is 0 Å². The summed E-state index contributed by atoms with van der Waals surface area (Å²) in [5.74, 6) is 0. The molecule has 1 aromatic rings. The van der Waals surface area contributed by atoms with Crippen molar-refractivity contribution in [3.8, 4) is 0 Å². The summed E-state index contributed by atoms with van der Waals surface area (Å²) in [4.78, 5) is 2.39. The van der Waals surface area contributed by atoms with Crippen LogP contribution >= 0.6 is 0 Å². The number of hydrogen-bond acceptors (Lipinski definition) is 3. The van der Waals surface area contributed by atoms with Gasteiger partial charge in [0.1, 0.15) is 0 Å². The zero-order valence-corrected chi connectivity index (χ0v) is 12.8. The van der Waals surface area contributed by atoms with Crippen LogP contribution in [0.15, 0.2) is 24.3 Å². The highest BCUT2D eigenvalue weighted by Crippen LogP contribution is 2.21. The third-order valence-electron chi connectivity index (χ3n) is 3.94. The van der Waals surface area contributed by atoms with Gasteiger partial charge in [-0.2, -0.15) is 0 Å². The molecule has 1 aliphatic rings. The molecule has 0 radical (unpaired) electrons. The van der Waals surface area contributed by atoms with Crippen LogP contribution in [-0.2, 0) is 22.4 Å². The summed E-state index contributed by atoms with van der Waals surface area (Å²) in [5.41, 5.74) is 2.92. The zero-order valence-electron chi connectivity index (χ0n) is 12.8. The van der Waals surface area contributed by atoms with E-state index in [9.17, 15) is 0 Å². The molecule has 0 aliphatic carbocycles. The van der Waals surface area contributed by atoms with Gasteiger partial charge >= 0.3 is 0 Å². The summed E-state index contributed by atoms with van der Waals surface area (Å²) in [5, 5.41) is 0. The van der Waals surface area contributed by atoms with Crippen molar-refractivity contribution in [2.45, 2.75) is 38.8 Å². The molecule has 0 bridgehead atoms. The lowest BCUT2D eigenvalue weighted by Crippen LogP contribution is -2.40. The average molecular weight is 277 g/mol. The molecule has 0 aromatic heterocycles. The Labute approximate surface area is 122 Å². The Hall–Kier alpha value is -0.900. The van der Waals surface area contributed by atoms with E-state index in [1.807, 2.05) is 0 Å². The van der Waals surface area contributed by atoms with E-state index in [2.05, 4.69) is 43.1 Å². The Bertz CT molecular complexity index is 394. The van der Waals surface area contributed by atoms with E-state index in [1.54, 1.807) is 0 Å². The van der Waals surface area contributed by atoms with Crippen molar-refractivity contribution in [1.82, 2.24) is 4.90 Å². The van der Waals surface area contributed by atoms with Crippen molar-refractivity contribution >= 4 is 0 Å². The fourth-order valence-electron chi connectivity index (χ4n) is 2.59. The number of fused-ring (bicyclic) bond motifs is 1. The first-order chi connectivity index (χ1) is 9.81. The van der Waals surface area contributed by atoms with Gasteiger partial charge in [-0.1, -0.05) is 37.6 Å². The molecule has 2 rings (SSSR count). The van der Waals surface area contributed by atoms with Crippen LogP contribution in [0.3, 0.4) is 0 Å². The Morgan fingerprint density at radius 2 is 1.85 bits per heavy atom. The lowest BCUT2D eigenvalue weighted by atomic mass is 9.95. The number of rotatable bonds is 8. The van der Waals surface area contributed by atoms with Crippen LogP contribution in [0, 0.1) is 0 Å². The minimum absolute atomic E-state index is 0.487. The van der Waals surface area contributed by atoms with Crippen molar-refractivity contribution in [3.63, 3.8) is 0 Å². The number of likely N-dealkylation sites (N-methyl/N-ethyl adjacent to an activating group) is 1. The summed E-state index contributed by atoms with van der Waals surface area (Å²) in [7, 11) is 2.18. The molecule has 3 nitrogen and oxygen atoms in total. The average Bonchev–Trinajstić information content (AvgIpc) is 2.46. The first-order valence-electron chi connectivity index (χ1n) is 7.73. The van der Waals surface area contributed by atoms with E-state index >= 15 is 0 Å². The van der Waals surface area contributed by atoms with Gasteiger partial charge in [0.25, 0.3) is 0 Å². The topological polar surface area (TPSA) is 21.7 Å². The molecule has 1 heterocycles. The standard InChI is InChI=1S/C17H27NO2/c1-3-4-9-19-10-11-20-14-17-12-15-7-5-6-8-16(15)13-18(17)2/h5-8,17H,3-4,9-14H2,1-2H3/t17-/m0/s1. The van der Waals surface area contributed by atoms with Gasteiger partial charge in [0.15, 0.2) is 0 Å². The number of hydrogen-bond donors (Lipinski definition) is 0. The summed E-state index contributed by atoms with van der Waals surface area (Å²) in [6.07, 6.45) is 3.42. The molecule has 1 atom stereocenters. The number of nitrogens with zero attached hydrogens (tertiary/aromatic N) is 1. The van der Waals surface area contributed by atoms with Crippen molar-refractivity contribution in [2.75, 3.05) is 33.5 Å². The highest BCUT2D eigenvalue weighted by Gasteiger charge is 2.22.